The monoisotopic (exact) mass is 299 g/mol. The number of phenolic OH excluding ortho intramolecular Hbond substituents is 1. The number of fused-ring (bicyclic) bond motifs is 2. The normalized spacial score (nSPS) is 11.0. The van der Waals surface area contributed by atoms with Gasteiger partial charge in [0.1, 0.15) is 28.1 Å². The number of primary amides is 1. The summed E-state index contributed by atoms with van der Waals surface area (Å²) in [6.07, 6.45) is 0. The molecule has 1 amide bonds. The molecule has 0 spiro atoms. The van der Waals surface area contributed by atoms with Crippen LogP contribution in [0.25, 0.3) is 21.9 Å². The lowest BCUT2D eigenvalue weighted by Crippen LogP contribution is -2.20. The minimum absolute atomic E-state index is 0.0720. The van der Waals surface area contributed by atoms with Crippen molar-refractivity contribution in [3.05, 3.63) is 46.1 Å². The number of benzene rings is 2. The van der Waals surface area contributed by atoms with Gasteiger partial charge in [0.05, 0.1) is 5.39 Å². The Kier molecular flexibility index (Phi) is 3.21. The van der Waals surface area contributed by atoms with Crippen LogP contribution in [0, 0.1) is 6.92 Å². The Morgan fingerprint density at radius 2 is 2.05 bits per heavy atom. The highest BCUT2D eigenvalue weighted by atomic mass is 16.5. The molecule has 1 heterocycles. The second-order valence-electron chi connectivity index (χ2n) is 5.00. The van der Waals surface area contributed by atoms with Crippen molar-refractivity contribution < 1.29 is 19.1 Å². The smallest absolute Gasteiger partial charge is 0.255 e. The van der Waals surface area contributed by atoms with Crippen LogP contribution < -0.4 is 15.9 Å². The number of carbonyl (C=O) groups excluding carboxylic acids is 1. The molecule has 0 bridgehead atoms. The molecule has 0 atom stereocenters. The van der Waals surface area contributed by atoms with Crippen molar-refractivity contribution in [1.29, 1.82) is 0 Å². The van der Waals surface area contributed by atoms with Crippen LogP contribution in [0.4, 0.5) is 0 Å². The molecule has 0 aliphatic carbocycles. The summed E-state index contributed by atoms with van der Waals surface area (Å²) < 4.78 is 10.8. The first kappa shape index (κ1) is 13.9. The lowest BCUT2D eigenvalue weighted by Gasteiger charge is -2.08. The van der Waals surface area contributed by atoms with E-state index in [-0.39, 0.29) is 34.5 Å². The number of rotatable bonds is 3. The molecule has 1 aromatic heterocycles. The Morgan fingerprint density at radius 3 is 2.77 bits per heavy atom. The van der Waals surface area contributed by atoms with Crippen LogP contribution in [0.15, 0.2) is 39.5 Å². The standard InChI is InChI=1S/C16H13NO5/c1-8-2-3-10-12(4-8)22-13-6-9(21-7-14(17)19)5-11(18)15(13)16(10)20/h2-6,18H,7H2,1H3,(H2,17,19). The number of nitrogens with two attached hydrogens (primary N) is 1. The predicted octanol–water partition coefficient (Wildman–Crippen LogP) is 1.82. The number of amides is 1. The van der Waals surface area contributed by atoms with E-state index in [1.807, 2.05) is 6.92 Å². The molecule has 3 N–H and O–H groups in total. The molecule has 0 fully saturated rings. The van der Waals surface area contributed by atoms with Crippen LogP contribution in [0.1, 0.15) is 5.56 Å². The van der Waals surface area contributed by atoms with Crippen molar-refractivity contribution >= 4 is 27.8 Å². The van der Waals surface area contributed by atoms with E-state index in [2.05, 4.69) is 0 Å². The van der Waals surface area contributed by atoms with E-state index in [0.29, 0.717) is 11.0 Å². The molecule has 0 aliphatic heterocycles. The highest BCUT2D eigenvalue weighted by Crippen LogP contribution is 2.30. The summed E-state index contributed by atoms with van der Waals surface area (Å²) in [6.45, 7) is 1.55. The molecule has 2 aromatic carbocycles. The van der Waals surface area contributed by atoms with Crippen molar-refractivity contribution in [2.75, 3.05) is 6.61 Å². The van der Waals surface area contributed by atoms with Gasteiger partial charge in [-0.2, -0.15) is 0 Å². The molecule has 0 radical (unpaired) electrons. The quantitative estimate of drug-likeness (QED) is 0.718. The Balaban J connectivity index is 2.26. The highest BCUT2D eigenvalue weighted by Gasteiger charge is 2.14. The highest BCUT2D eigenvalue weighted by molar-refractivity contribution is 5.94. The van der Waals surface area contributed by atoms with Crippen LogP contribution in [-0.2, 0) is 4.79 Å². The number of aromatic hydroxyl groups is 1. The largest absolute Gasteiger partial charge is 0.507 e. The first-order chi connectivity index (χ1) is 10.5. The summed E-state index contributed by atoms with van der Waals surface area (Å²) in [4.78, 5) is 23.2. The number of carbonyl (C=O) groups is 1. The minimum Gasteiger partial charge on any atom is -0.507 e. The lowest BCUT2D eigenvalue weighted by molar-refractivity contribution is -0.119. The number of phenols is 1. The summed E-state index contributed by atoms with van der Waals surface area (Å²) in [7, 11) is 0. The van der Waals surface area contributed by atoms with E-state index in [0.717, 1.165) is 5.56 Å². The fourth-order valence-corrected chi connectivity index (χ4v) is 2.28. The molecule has 0 unspecified atom stereocenters. The van der Waals surface area contributed by atoms with Gasteiger partial charge in [-0.1, -0.05) is 6.07 Å². The zero-order valence-electron chi connectivity index (χ0n) is 11.8. The topological polar surface area (TPSA) is 103 Å². The van der Waals surface area contributed by atoms with Gasteiger partial charge in [0.2, 0.25) is 5.43 Å². The fourth-order valence-electron chi connectivity index (χ4n) is 2.28. The van der Waals surface area contributed by atoms with Gasteiger partial charge in [-0.25, -0.2) is 0 Å². The van der Waals surface area contributed by atoms with Crippen LogP contribution in [-0.4, -0.2) is 17.6 Å². The van der Waals surface area contributed by atoms with Crippen molar-refractivity contribution in [3.63, 3.8) is 0 Å². The van der Waals surface area contributed by atoms with Crippen molar-refractivity contribution in [1.82, 2.24) is 0 Å². The average molecular weight is 299 g/mol. The molecule has 6 nitrogen and oxygen atoms in total. The average Bonchev–Trinajstić information content (AvgIpc) is 2.44. The third-order valence-electron chi connectivity index (χ3n) is 3.26. The third-order valence-corrected chi connectivity index (χ3v) is 3.26. The second-order valence-corrected chi connectivity index (χ2v) is 5.00. The van der Waals surface area contributed by atoms with Gasteiger partial charge in [0.25, 0.3) is 5.91 Å². The maximum absolute atomic E-state index is 12.5. The van der Waals surface area contributed by atoms with E-state index >= 15 is 0 Å². The van der Waals surface area contributed by atoms with Gasteiger partial charge in [-0.15, -0.1) is 0 Å². The minimum atomic E-state index is -0.643. The molecular weight excluding hydrogens is 286 g/mol. The second kappa shape index (κ2) is 5.07. The van der Waals surface area contributed by atoms with Gasteiger partial charge in [-0.05, 0) is 24.6 Å². The van der Waals surface area contributed by atoms with Crippen LogP contribution in [0.3, 0.4) is 0 Å². The Labute approximate surface area is 124 Å². The summed E-state index contributed by atoms with van der Waals surface area (Å²) in [6, 6.07) is 7.90. The zero-order chi connectivity index (χ0) is 15.9. The van der Waals surface area contributed by atoms with Gasteiger partial charge >= 0.3 is 0 Å². The van der Waals surface area contributed by atoms with Gasteiger partial charge in [0, 0.05) is 12.1 Å². The SMILES string of the molecule is Cc1ccc2c(=O)c3c(O)cc(OCC(N)=O)cc3oc2c1. The van der Waals surface area contributed by atoms with E-state index in [1.165, 1.54) is 12.1 Å². The molecule has 0 aliphatic rings. The molecule has 22 heavy (non-hydrogen) atoms. The van der Waals surface area contributed by atoms with Crippen molar-refractivity contribution in [2.45, 2.75) is 6.92 Å². The van der Waals surface area contributed by atoms with E-state index < -0.39 is 5.91 Å². The van der Waals surface area contributed by atoms with Crippen molar-refractivity contribution in [3.8, 4) is 11.5 Å². The van der Waals surface area contributed by atoms with Crippen LogP contribution in [0.5, 0.6) is 11.5 Å². The van der Waals surface area contributed by atoms with E-state index in [4.69, 9.17) is 14.9 Å². The fraction of sp³-hybridized carbons (Fsp3) is 0.125. The Hall–Kier alpha value is -3.02. The number of ether oxygens (including phenoxy) is 1. The lowest BCUT2D eigenvalue weighted by atomic mass is 10.1. The van der Waals surface area contributed by atoms with Crippen LogP contribution >= 0.6 is 0 Å². The van der Waals surface area contributed by atoms with Crippen LogP contribution in [0.2, 0.25) is 0 Å². The summed E-state index contributed by atoms with van der Waals surface area (Å²) >= 11 is 0. The predicted molar refractivity (Wildman–Crippen MR) is 81.1 cm³/mol. The number of hydrogen-bond acceptors (Lipinski definition) is 5. The maximum Gasteiger partial charge on any atom is 0.255 e. The first-order valence-electron chi connectivity index (χ1n) is 6.57. The molecule has 112 valence electrons. The zero-order valence-corrected chi connectivity index (χ0v) is 11.8. The molecule has 3 aromatic rings. The summed E-state index contributed by atoms with van der Waals surface area (Å²) in [5, 5.41) is 10.5. The molecule has 6 heteroatoms. The van der Waals surface area contributed by atoms with Gasteiger partial charge in [-0.3, -0.25) is 9.59 Å². The summed E-state index contributed by atoms with van der Waals surface area (Å²) in [5.74, 6) is -0.720. The molecule has 0 saturated heterocycles. The van der Waals surface area contributed by atoms with E-state index in [9.17, 15) is 14.7 Å². The first-order valence-corrected chi connectivity index (χ1v) is 6.57. The summed E-state index contributed by atoms with van der Waals surface area (Å²) in [5.41, 5.74) is 6.23. The molecule has 3 rings (SSSR count). The molecular formula is C16H13NO5. The van der Waals surface area contributed by atoms with E-state index in [1.54, 1.807) is 18.2 Å². The third kappa shape index (κ3) is 2.35. The van der Waals surface area contributed by atoms with Gasteiger partial charge in [0.15, 0.2) is 6.61 Å². The Morgan fingerprint density at radius 1 is 1.27 bits per heavy atom. The molecule has 0 saturated carbocycles. The van der Waals surface area contributed by atoms with Crippen molar-refractivity contribution in [2.24, 2.45) is 5.73 Å². The van der Waals surface area contributed by atoms with Gasteiger partial charge < -0.3 is 20.0 Å². The number of hydrogen-bond donors (Lipinski definition) is 2. The maximum atomic E-state index is 12.5. The Bertz CT molecular complexity index is 958. The number of aryl methyl sites for hydroxylation is 1.